The first-order chi connectivity index (χ1) is 6.12. The molecule has 0 saturated heterocycles. The van der Waals surface area contributed by atoms with E-state index in [0.29, 0.717) is 0 Å². The Labute approximate surface area is 84.8 Å². The van der Waals surface area contributed by atoms with E-state index in [-0.39, 0.29) is 15.4 Å². The van der Waals surface area contributed by atoms with Crippen LogP contribution in [0.3, 0.4) is 0 Å². The molecule has 3 nitrogen and oxygen atoms in total. The molecule has 0 aromatic heterocycles. The summed E-state index contributed by atoms with van der Waals surface area (Å²) in [5.41, 5.74) is 4.85. The van der Waals surface area contributed by atoms with E-state index in [1.165, 1.54) is 6.04 Å². The maximum Gasteiger partial charge on any atom is 0.134 e. The van der Waals surface area contributed by atoms with Gasteiger partial charge in [-0.25, -0.2) is 0 Å². The zero-order valence-corrected chi connectivity index (χ0v) is 11.1. The zero-order chi connectivity index (χ0) is 10.7. The molecule has 0 atom stereocenters. The molecule has 0 aliphatic heterocycles. The molecule has 0 heterocycles. The lowest BCUT2D eigenvalue weighted by atomic mass is 10.3. The second-order valence-electron chi connectivity index (χ2n) is 3.28. The van der Waals surface area contributed by atoms with E-state index in [4.69, 9.17) is 15.2 Å². The molecule has 0 aromatic carbocycles. The summed E-state index contributed by atoms with van der Waals surface area (Å²) in [5.74, 6) is 0.918. The summed E-state index contributed by atoms with van der Waals surface area (Å²) >= 11 is 0. The van der Waals surface area contributed by atoms with Crippen LogP contribution >= 0.6 is 0 Å². The monoisotopic (exact) mass is 207 g/mol. The third kappa shape index (κ3) is 14.9. The lowest BCUT2D eigenvalue weighted by Gasteiger charge is -2.13. The van der Waals surface area contributed by atoms with Gasteiger partial charge in [0.25, 0.3) is 0 Å². The highest BCUT2D eigenvalue weighted by atomic mass is 28.2. The Bertz CT molecular complexity index is 87.7. The number of rotatable bonds is 5. The van der Waals surface area contributed by atoms with Gasteiger partial charge in [-0.3, -0.25) is 0 Å². The van der Waals surface area contributed by atoms with Crippen molar-refractivity contribution in [3.63, 3.8) is 0 Å². The normalized spacial score (nSPS) is 11.1. The van der Waals surface area contributed by atoms with Gasteiger partial charge in [-0.1, -0.05) is 26.8 Å². The molecule has 0 aromatic rings. The quantitative estimate of drug-likeness (QED) is 0.535. The van der Waals surface area contributed by atoms with E-state index < -0.39 is 0 Å². The molecular weight excluding hydrogens is 182 g/mol. The standard InChI is InChI=1S/C7H18O2Si.C2H7N/c1-6(2)5-10-7(8-3)9-4;1-2-3/h6-7H,5,10H2,1-4H3;2-3H2,1H3. The first kappa shape index (κ1) is 15.6. The number of ether oxygens (including phenoxy) is 2. The lowest BCUT2D eigenvalue weighted by Crippen LogP contribution is -2.22. The highest BCUT2D eigenvalue weighted by Gasteiger charge is 2.05. The van der Waals surface area contributed by atoms with Crippen LogP contribution in [0.1, 0.15) is 20.8 Å². The van der Waals surface area contributed by atoms with Gasteiger partial charge in [0.2, 0.25) is 0 Å². The molecular formula is C9H25NO2Si. The Kier molecular flexibility index (Phi) is 14.5. The van der Waals surface area contributed by atoms with Crippen LogP contribution in [0.4, 0.5) is 0 Å². The average Bonchev–Trinajstić information content (AvgIpc) is 2.07. The topological polar surface area (TPSA) is 44.5 Å². The van der Waals surface area contributed by atoms with E-state index in [9.17, 15) is 0 Å². The van der Waals surface area contributed by atoms with Crippen molar-refractivity contribution < 1.29 is 9.47 Å². The summed E-state index contributed by atoms with van der Waals surface area (Å²) in [7, 11) is 3.25. The van der Waals surface area contributed by atoms with Gasteiger partial charge in [-0.2, -0.15) is 0 Å². The van der Waals surface area contributed by atoms with Crippen LogP contribution in [0.2, 0.25) is 6.04 Å². The number of hydrogen-bond acceptors (Lipinski definition) is 3. The summed E-state index contributed by atoms with van der Waals surface area (Å²) in [6.45, 7) is 7.12. The van der Waals surface area contributed by atoms with Crippen LogP contribution in [0, 0.1) is 5.92 Å². The van der Waals surface area contributed by atoms with Crippen LogP contribution in [-0.4, -0.2) is 36.2 Å². The highest BCUT2D eigenvalue weighted by molar-refractivity contribution is 6.36. The summed E-state index contributed by atoms with van der Waals surface area (Å²) in [5, 5.41) is 0. The van der Waals surface area contributed by atoms with Crippen LogP contribution in [0.5, 0.6) is 0 Å². The Balaban J connectivity index is 0. The van der Waals surface area contributed by atoms with E-state index in [2.05, 4.69) is 13.8 Å². The van der Waals surface area contributed by atoms with Crippen molar-refractivity contribution in [2.45, 2.75) is 32.7 Å². The zero-order valence-electron chi connectivity index (χ0n) is 9.67. The van der Waals surface area contributed by atoms with Crippen molar-refractivity contribution in [2.75, 3.05) is 20.8 Å². The van der Waals surface area contributed by atoms with Crippen LogP contribution in [0.25, 0.3) is 0 Å². The van der Waals surface area contributed by atoms with Crippen molar-refractivity contribution in [3.05, 3.63) is 0 Å². The largest absolute Gasteiger partial charge is 0.360 e. The second-order valence-corrected chi connectivity index (χ2v) is 5.10. The van der Waals surface area contributed by atoms with Gasteiger partial charge in [0.15, 0.2) is 0 Å². The molecule has 2 N–H and O–H groups in total. The predicted octanol–water partition coefficient (Wildman–Crippen LogP) is 0.771. The van der Waals surface area contributed by atoms with Crippen LogP contribution < -0.4 is 5.73 Å². The fourth-order valence-corrected chi connectivity index (χ4v) is 2.21. The van der Waals surface area contributed by atoms with Crippen molar-refractivity contribution in [2.24, 2.45) is 11.7 Å². The Morgan fingerprint density at radius 1 is 1.23 bits per heavy atom. The Morgan fingerprint density at radius 3 is 1.85 bits per heavy atom. The second kappa shape index (κ2) is 12.1. The van der Waals surface area contributed by atoms with Gasteiger partial charge in [0, 0.05) is 14.2 Å². The summed E-state index contributed by atoms with van der Waals surface area (Å²) in [6.07, 6.45) is 0. The minimum atomic E-state index is -0.167. The van der Waals surface area contributed by atoms with Crippen LogP contribution in [0.15, 0.2) is 0 Å². The maximum absolute atomic E-state index is 5.09. The highest BCUT2D eigenvalue weighted by Crippen LogP contribution is 2.01. The number of nitrogens with two attached hydrogens (primary N) is 1. The molecule has 0 bridgehead atoms. The van der Waals surface area contributed by atoms with Crippen molar-refractivity contribution in [1.82, 2.24) is 0 Å². The molecule has 0 saturated carbocycles. The molecule has 4 heteroatoms. The number of methoxy groups -OCH3 is 2. The van der Waals surface area contributed by atoms with Crippen molar-refractivity contribution in [3.8, 4) is 0 Å². The molecule has 0 aliphatic carbocycles. The maximum atomic E-state index is 5.09. The molecule has 0 unspecified atom stereocenters. The number of hydrogen-bond donors (Lipinski definition) is 1. The third-order valence-electron chi connectivity index (χ3n) is 1.51. The van der Waals surface area contributed by atoms with E-state index >= 15 is 0 Å². The van der Waals surface area contributed by atoms with E-state index in [1.807, 2.05) is 6.92 Å². The molecule has 0 rings (SSSR count). The lowest BCUT2D eigenvalue weighted by molar-refractivity contribution is -0.0443. The third-order valence-corrected chi connectivity index (χ3v) is 4.13. The molecule has 0 amide bonds. The predicted molar refractivity (Wildman–Crippen MR) is 60.7 cm³/mol. The van der Waals surface area contributed by atoms with Gasteiger partial charge < -0.3 is 15.2 Å². The first-order valence-electron chi connectivity index (χ1n) is 4.87. The fourth-order valence-electron chi connectivity index (χ4n) is 0.801. The van der Waals surface area contributed by atoms with Crippen molar-refractivity contribution >= 4 is 9.52 Å². The minimum Gasteiger partial charge on any atom is -0.360 e. The van der Waals surface area contributed by atoms with Gasteiger partial charge in [0.05, 0.1) is 9.52 Å². The van der Waals surface area contributed by atoms with Crippen LogP contribution in [-0.2, 0) is 9.47 Å². The Morgan fingerprint density at radius 2 is 1.62 bits per heavy atom. The molecule has 0 fully saturated rings. The molecule has 0 radical (unpaired) electrons. The van der Waals surface area contributed by atoms with Gasteiger partial charge in [-0.15, -0.1) is 0 Å². The smallest absolute Gasteiger partial charge is 0.134 e. The van der Waals surface area contributed by atoms with Crippen molar-refractivity contribution in [1.29, 1.82) is 0 Å². The molecule has 13 heavy (non-hydrogen) atoms. The average molecular weight is 207 g/mol. The summed E-state index contributed by atoms with van der Waals surface area (Å²) in [4.78, 5) is 0. The fraction of sp³-hybridized carbons (Fsp3) is 1.00. The molecule has 82 valence electrons. The minimum absolute atomic E-state index is 0.127. The summed E-state index contributed by atoms with van der Waals surface area (Å²) in [6, 6.07) is 1.30. The van der Waals surface area contributed by atoms with Gasteiger partial charge in [-0.05, 0) is 12.5 Å². The Hall–Kier alpha value is 0.0969. The molecule has 0 spiro atoms. The van der Waals surface area contributed by atoms with E-state index in [1.54, 1.807) is 14.2 Å². The summed E-state index contributed by atoms with van der Waals surface area (Å²) < 4.78 is 10.2. The first-order valence-corrected chi connectivity index (χ1v) is 6.69. The molecule has 0 aliphatic rings. The van der Waals surface area contributed by atoms with E-state index in [0.717, 1.165) is 12.5 Å². The SMILES string of the molecule is CCN.COC(OC)[SiH2]CC(C)C. The van der Waals surface area contributed by atoms with Gasteiger partial charge >= 0.3 is 0 Å². The van der Waals surface area contributed by atoms with Gasteiger partial charge in [0.1, 0.15) is 5.91 Å².